The van der Waals surface area contributed by atoms with Crippen molar-refractivity contribution in [3.8, 4) is 0 Å². The molecule has 0 bridgehead atoms. The number of hydrogen-bond donors (Lipinski definition) is 1. The number of amidine groups is 1. The van der Waals surface area contributed by atoms with Gasteiger partial charge in [-0.15, -0.1) is 0 Å². The lowest BCUT2D eigenvalue weighted by molar-refractivity contribution is 0.435. The molecule has 0 aromatic rings. The van der Waals surface area contributed by atoms with Crippen molar-refractivity contribution in [3.05, 3.63) is 0 Å². The Hall–Kier alpha value is -0.180. The summed E-state index contributed by atoms with van der Waals surface area (Å²) >= 11 is 1.94. The smallest absolute Gasteiger partial charge is 0.0969 e. The van der Waals surface area contributed by atoms with Gasteiger partial charge in [-0.25, -0.2) is 0 Å². The van der Waals surface area contributed by atoms with Gasteiger partial charge in [0, 0.05) is 10.7 Å². The summed E-state index contributed by atoms with van der Waals surface area (Å²) in [6.07, 6.45) is 11.1. The standard InChI is InChI=1S/C14H28N2S/c1-4-14(5-2,17-3)11-16-13(15)12-9-7-6-8-10-12/h12H,4-11H2,1-3H3,(H2,15,16). The Morgan fingerprint density at radius 3 is 2.29 bits per heavy atom. The number of aliphatic imine (C=N–C) groups is 1. The summed E-state index contributed by atoms with van der Waals surface area (Å²) in [7, 11) is 0. The highest BCUT2D eigenvalue weighted by molar-refractivity contribution is 8.00. The van der Waals surface area contributed by atoms with Gasteiger partial charge in [-0.05, 0) is 31.9 Å². The molecule has 0 saturated heterocycles. The summed E-state index contributed by atoms with van der Waals surface area (Å²) in [6, 6.07) is 0. The van der Waals surface area contributed by atoms with Crippen LogP contribution in [0.15, 0.2) is 4.99 Å². The van der Waals surface area contributed by atoms with Crippen LogP contribution in [0.4, 0.5) is 0 Å². The molecule has 0 aliphatic heterocycles. The van der Waals surface area contributed by atoms with Crippen LogP contribution < -0.4 is 5.73 Å². The van der Waals surface area contributed by atoms with Crippen molar-refractivity contribution in [2.75, 3.05) is 12.8 Å². The number of rotatable bonds is 6. The summed E-state index contributed by atoms with van der Waals surface area (Å²) in [4.78, 5) is 4.71. The normalized spacial score (nSPS) is 19.6. The van der Waals surface area contributed by atoms with Gasteiger partial charge in [0.1, 0.15) is 0 Å². The van der Waals surface area contributed by atoms with Crippen LogP contribution in [0.1, 0.15) is 58.8 Å². The molecular formula is C14H28N2S. The maximum atomic E-state index is 6.16. The third-order valence-corrected chi connectivity index (χ3v) is 5.87. The van der Waals surface area contributed by atoms with Crippen LogP contribution in [0.3, 0.4) is 0 Å². The van der Waals surface area contributed by atoms with E-state index in [0.29, 0.717) is 10.7 Å². The minimum absolute atomic E-state index is 0.305. The van der Waals surface area contributed by atoms with Crippen molar-refractivity contribution >= 4 is 17.6 Å². The molecule has 1 rings (SSSR count). The molecule has 3 heteroatoms. The molecule has 1 saturated carbocycles. The molecule has 2 N–H and O–H groups in total. The molecule has 0 atom stereocenters. The first-order chi connectivity index (χ1) is 8.17. The van der Waals surface area contributed by atoms with E-state index in [0.717, 1.165) is 12.4 Å². The van der Waals surface area contributed by atoms with E-state index >= 15 is 0 Å². The largest absolute Gasteiger partial charge is 0.387 e. The van der Waals surface area contributed by atoms with E-state index in [9.17, 15) is 0 Å². The quantitative estimate of drug-likeness (QED) is 0.579. The fourth-order valence-electron chi connectivity index (χ4n) is 2.59. The van der Waals surface area contributed by atoms with Gasteiger partial charge < -0.3 is 5.73 Å². The molecule has 0 radical (unpaired) electrons. The zero-order valence-corrected chi connectivity index (χ0v) is 12.5. The van der Waals surface area contributed by atoms with Crippen LogP contribution in [0.25, 0.3) is 0 Å². The van der Waals surface area contributed by atoms with Gasteiger partial charge in [0.15, 0.2) is 0 Å². The zero-order chi connectivity index (χ0) is 12.7. The van der Waals surface area contributed by atoms with Gasteiger partial charge in [0.2, 0.25) is 0 Å². The van der Waals surface area contributed by atoms with Crippen LogP contribution in [0.5, 0.6) is 0 Å². The lowest BCUT2D eigenvalue weighted by Crippen LogP contribution is -2.31. The predicted molar refractivity (Wildman–Crippen MR) is 79.9 cm³/mol. The first-order valence-electron chi connectivity index (χ1n) is 7.02. The summed E-state index contributed by atoms with van der Waals surface area (Å²) in [6.45, 7) is 5.40. The van der Waals surface area contributed by atoms with Crippen molar-refractivity contribution in [2.24, 2.45) is 16.6 Å². The highest BCUT2D eigenvalue weighted by Crippen LogP contribution is 2.31. The molecule has 1 fully saturated rings. The molecule has 17 heavy (non-hydrogen) atoms. The van der Waals surface area contributed by atoms with Crippen LogP contribution in [0.2, 0.25) is 0 Å². The maximum Gasteiger partial charge on any atom is 0.0969 e. The van der Waals surface area contributed by atoms with E-state index < -0.39 is 0 Å². The molecular weight excluding hydrogens is 228 g/mol. The summed E-state index contributed by atoms with van der Waals surface area (Å²) in [5.41, 5.74) is 6.16. The van der Waals surface area contributed by atoms with Gasteiger partial charge in [-0.3, -0.25) is 4.99 Å². The van der Waals surface area contributed by atoms with E-state index in [1.807, 2.05) is 11.8 Å². The Morgan fingerprint density at radius 2 is 1.82 bits per heavy atom. The Labute approximate surface area is 111 Å². The summed E-state index contributed by atoms with van der Waals surface area (Å²) < 4.78 is 0.305. The molecule has 0 amide bonds. The topological polar surface area (TPSA) is 38.4 Å². The van der Waals surface area contributed by atoms with Gasteiger partial charge >= 0.3 is 0 Å². The Kier molecular flexibility index (Phi) is 6.39. The predicted octanol–water partition coefficient (Wildman–Crippen LogP) is 3.85. The second kappa shape index (κ2) is 7.30. The average molecular weight is 256 g/mol. The first kappa shape index (κ1) is 14.9. The Morgan fingerprint density at radius 1 is 1.24 bits per heavy atom. The van der Waals surface area contributed by atoms with Gasteiger partial charge in [0.25, 0.3) is 0 Å². The van der Waals surface area contributed by atoms with Gasteiger partial charge in [-0.1, -0.05) is 33.1 Å². The third-order valence-electron chi connectivity index (χ3n) is 4.29. The summed E-state index contributed by atoms with van der Waals surface area (Å²) in [5.74, 6) is 1.49. The molecule has 0 heterocycles. The van der Waals surface area contributed by atoms with Crippen LogP contribution in [-0.2, 0) is 0 Å². The molecule has 0 spiro atoms. The SMILES string of the molecule is CCC(CC)(CN=C(N)C1CCCCC1)SC. The number of hydrogen-bond acceptors (Lipinski definition) is 2. The fraction of sp³-hybridized carbons (Fsp3) is 0.929. The van der Waals surface area contributed by atoms with Crippen molar-refractivity contribution in [1.29, 1.82) is 0 Å². The molecule has 0 aromatic heterocycles. The molecule has 1 aliphatic rings. The average Bonchev–Trinajstić information content (AvgIpc) is 2.41. The molecule has 1 aliphatic carbocycles. The second-order valence-corrected chi connectivity index (χ2v) is 6.44. The summed E-state index contributed by atoms with van der Waals surface area (Å²) in [5, 5.41) is 0. The number of nitrogens with two attached hydrogens (primary N) is 1. The highest BCUT2D eigenvalue weighted by Gasteiger charge is 2.25. The van der Waals surface area contributed by atoms with Gasteiger partial charge in [0.05, 0.1) is 12.4 Å². The van der Waals surface area contributed by atoms with E-state index in [1.165, 1.54) is 44.9 Å². The number of thioether (sulfide) groups is 1. The van der Waals surface area contributed by atoms with Crippen molar-refractivity contribution in [1.82, 2.24) is 0 Å². The highest BCUT2D eigenvalue weighted by atomic mass is 32.2. The van der Waals surface area contributed by atoms with Crippen LogP contribution >= 0.6 is 11.8 Å². The minimum Gasteiger partial charge on any atom is -0.387 e. The molecule has 2 nitrogen and oxygen atoms in total. The van der Waals surface area contributed by atoms with Crippen molar-refractivity contribution in [3.63, 3.8) is 0 Å². The van der Waals surface area contributed by atoms with Gasteiger partial charge in [-0.2, -0.15) is 11.8 Å². The van der Waals surface area contributed by atoms with Crippen molar-refractivity contribution < 1.29 is 0 Å². The first-order valence-corrected chi connectivity index (χ1v) is 8.25. The van der Waals surface area contributed by atoms with E-state index in [1.54, 1.807) is 0 Å². The second-order valence-electron chi connectivity index (χ2n) is 5.17. The van der Waals surface area contributed by atoms with Crippen LogP contribution in [-0.4, -0.2) is 23.4 Å². The van der Waals surface area contributed by atoms with Crippen molar-refractivity contribution in [2.45, 2.75) is 63.5 Å². The molecule has 100 valence electrons. The van der Waals surface area contributed by atoms with Crippen LogP contribution in [0, 0.1) is 5.92 Å². The fourth-order valence-corrected chi connectivity index (χ4v) is 3.36. The van der Waals surface area contributed by atoms with E-state index in [2.05, 4.69) is 20.1 Å². The van der Waals surface area contributed by atoms with E-state index in [-0.39, 0.29) is 0 Å². The maximum absolute atomic E-state index is 6.16. The monoisotopic (exact) mass is 256 g/mol. The lowest BCUT2D eigenvalue weighted by atomic mass is 9.88. The third kappa shape index (κ3) is 4.20. The Bertz CT molecular complexity index is 232. The van der Waals surface area contributed by atoms with E-state index in [4.69, 9.17) is 10.7 Å². The zero-order valence-electron chi connectivity index (χ0n) is 11.7. The Balaban J connectivity index is 2.55. The number of nitrogens with zero attached hydrogens (tertiary/aromatic N) is 1. The molecule has 0 unspecified atom stereocenters. The molecule has 0 aromatic carbocycles. The lowest BCUT2D eigenvalue weighted by Gasteiger charge is -2.28. The minimum atomic E-state index is 0.305.